The number of hydrogen-bond acceptors (Lipinski definition) is 3. The van der Waals surface area contributed by atoms with Gasteiger partial charge in [-0.25, -0.2) is 0 Å². The zero-order chi connectivity index (χ0) is 12.5. The van der Waals surface area contributed by atoms with E-state index in [1.165, 1.54) is 0 Å². The van der Waals surface area contributed by atoms with Crippen molar-refractivity contribution in [1.82, 2.24) is 0 Å². The second-order valence-corrected chi connectivity index (χ2v) is 5.27. The van der Waals surface area contributed by atoms with Gasteiger partial charge in [-0.1, -0.05) is 33.8 Å². The smallest absolute Gasteiger partial charge is 0.161 e. The number of rotatable bonds is 2. The van der Waals surface area contributed by atoms with Crippen LogP contribution >= 0.6 is 0 Å². The van der Waals surface area contributed by atoms with Crippen molar-refractivity contribution in [3.63, 3.8) is 0 Å². The Labute approximate surface area is 96.4 Å². The molecule has 3 N–H and O–H groups in total. The molecular weight excluding hydrogens is 204 g/mol. The summed E-state index contributed by atoms with van der Waals surface area (Å²) in [5, 5.41) is 28.5. The molecule has 0 bridgehead atoms. The molecule has 0 heterocycles. The first-order valence-electron chi connectivity index (χ1n) is 5.44. The van der Waals surface area contributed by atoms with Gasteiger partial charge in [0.1, 0.15) is 0 Å². The highest BCUT2D eigenvalue weighted by molar-refractivity contribution is 5.50. The first-order valence-corrected chi connectivity index (χ1v) is 5.44. The number of aliphatic hydroxyl groups excluding tert-OH is 1. The summed E-state index contributed by atoms with van der Waals surface area (Å²) in [6, 6.07) is 3.42. The Bertz CT molecular complexity index is 377. The van der Waals surface area contributed by atoms with Crippen molar-refractivity contribution >= 4 is 0 Å². The van der Waals surface area contributed by atoms with Crippen LogP contribution in [0.2, 0.25) is 0 Å². The SMILES string of the molecule is CC(CO)c1cc(C(C)(C)C)cc(O)c1O. The third kappa shape index (κ3) is 2.47. The van der Waals surface area contributed by atoms with E-state index in [2.05, 4.69) is 0 Å². The molecule has 0 aliphatic rings. The van der Waals surface area contributed by atoms with Gasteiger partial charge in [0.15, 0.2) is 11.5 Å². The molecule has 0 saturated carbocycles. The van der Waals surface area contributed by atoms with Gasteiger partial charge < -0.3 is 15.3 Å². The molecule has 1 aromatic rings. The summed E-state index contributed by atoms with van der Waals surface area (Å²) in [6.45, 7) is 7.85. The van der Waals surface area contributed by atoms with E-state index in [1.54, 1.807) is 13.0 Å². The lowest BCUT2D eigenvalue weighted by Crippen LogP contribution is -2.12. The lowest BCUT2D eigenvalue weighted by Gasteiger charge is -2.22. The summed E-state index contributed by atoms with van der Waals surface area (Å²) in [7, 11) is 0. The summed E-state index contributed by atoms with van der Waals surface area (Å²) in [6.07, 6.45) is 0. The van der Waals surface area contributed by atoms with E-state index in [9.17, 15) is 10.2 Å². The Morgan fingerprint density at radius 3 is 2.19 bits per heavy atom. The van der Waals surface area contributed by atoms with Gasteiger partial charge in [0.2, 0.25) is 0 Å². The Kier molecular flexibility index (Phi) is 3.48. The second kappa shape index (κ2) is 4.34. The molecule has 0 amide bonds. The Hall–Kier alpha value is -1.22. The van der Waals surface area contributed by atoms with E-state index < -0.39 is 0 Å². The Balaban J connectivity index is 3.33. The van der Waals surface area contributed by atoms with E-state index in [0.717, 1.165) is 5.56 Å². The van der Waals surface area contributed by atoms with E-state index >= 15 is 0 Å². The minimum Gasteiger partial charge on any atom is -0.504 e. The van der Waals surface area contributed by atoms with Crippen molar-refractivity contribution in [2.45, 2.75) is 39.0 Å². The van der Waals surface area contributed by atoms with Gasteiger partial charge in [-0.15, -0.1) is 0 Å². The summed E-state index contributed by atoms with van der Waals surface area (Å²) in [4.78, 5) is 0. The summed E-state index contributed by atoms with van der Waals surface area (Å²) >= 11 is 0. The summed E-state index contributed by atoms with van der Waals surface area (Å²) in [5.41, 5.74) is 1.43. The highest BCUT2D eigenvalue weighted by atomic mass is 16.3. The molecule has 90 valence electrons. The lowest BCUT2D eigenvalue weighted by molar-refractivity contribution is 0.269. The molecule has 1 aromatic carbocycles. The molecule has 0 spiro atoms. The van der Waals surface area contributed by atoms with E-state index in [-0.39, 0.29) is 29.4 Å². The third-order valence-corrected chi connectivity index (χ3v) is 2.79. The zero-order valence-electron chi connectivity index (χ0n) is 10.3. The van der Waals surface area contributed by atoms with E-state index in [4.69, 9.17) is 5.11 Å². The van der Waals surface area contributed by atoms with Gasteiger partial charge in [-0.05, 0) is 17.0 Å². The van der Waals surface area contributed by atoms with Crippen LogP contribution in [-0.2, 0) is 5.41 Å². The van der Waals surface area contributed by atoms with Crippen LogP contribution in [0.4, 0.5) is 0 Å². The largest absolute Gasteiger partial charge is 0.504 e. The first-order chi connectivity index (χ1) is 7.27. The van der Waals surface area contributed by atoms with Crippen LogP contribution in [0.25, 0.3) is 0 Å². The van der Waals surface area contributed by atoms with Gasteiger partial charge in [-0.2, -0.15) is 0 Å². The third-order valence-electron chi connectivity index (χ3n) is 2.79. The highest BCUT2D eigenvalue weighted by Crippen LogP contribution is 2.38. The number of benzene rings is 1. The minimum atomic E-state index is -0.187. The normalized spacial score (nSPS) is 13.8. The van der Waals surface area contributed by atoms with Gasteiger partial charge in [0, 0.05) is 18.1 Å². The minimum absolute atomic E-state index is 0.0550. The lowest BCUT2D eigenvalue weighted by atomic mass is 9.84. The van der Waals surface area contributed by atoms with Crippen molar-refractivity contribution in [2.75, 3.05) is 6.61 Å². The van der Waals surface area contributed by atoms with Crippen molar-refractivity contribution in [2.24, 2.45) is 0 Å². The van der Waals surface area contributed by atoms with Gasteiger partial charge in [-0.3, -0.25) is 0 Å². The Morgan fingerprint density at radius 1 is 1.19 bits per heavy atom. The topological polar surface area (TPSA) is 60.7 Å². The Morgan fingerprint density at radius 2 is 1.75 bits per heavy atom. The van der Waals surface area contributed by atoms with E-state index in [0.29, 0.717) is 5.56 Å². The number of hydrogen-bond donors (Lipinski definition) is 3. The average molecular weight is 224 g/mol. The molecule has 3 nitrogen and oxygen atoms in total. The van der Waals surface area contributed by atoms with E-state index in [1.807, 2.05) is 26.8 Å². The summed E-state index contributed by atoms with van der Waals surface area (Å²) < 4.78 is 0. The zero-order valence-corrected chi connectivity index (χ0v) is 10.3. The van der Waals surface area contributed by atoms with Crippen LogP contribution in [0.1, 0.15) is 44.7 Å². The molecule has 0 radical (unpaired) electrons. The molecule has 1 rings (SSSR count). The number of aromatic hydroxyl groups is 2. The molecule has 0 saturated heterocycles. The van der Waals surface area contributed by atoms with Crippen LogP contribution in [0.3, 0.4) is 0 Å². The molecular formula is C13H20O3. The van der Waals surface area contributed by atoms with Crippen molar-refractivity contribution in [3.8, 4) is 11.5 Å². The highest BCUT2D eigenvalue weighted by Gasteiger charge is 2.20. The van der Waals surface area contributed by atoms with Crippen molar-refractivity contribution < 1.29 is 15.3 Å². The second-order valence-electron chi connectivity index (χ2n) is 5.27. The maximum Gasteiger partial charge on any atom is 0.161 e. The predicted octanol–water partition coefficient (Wildman–Crippen LogP) is 2.49. The fraction of sp³-hybridized carbons (Fsp3) is 0.538. The number of phenols is 2. The van der Waals surface area contributed by atoms with Gasteiger partial charge >= 0.3 is 0 Å². The average Bonchev–Trinajstić information content (AvgIpc) is 2.19. The van der Waals surface area contributed by atoms with Gasteiger partial charge in [0.05, 0.1) is 0 Å². The summed E-state index contributed by atoms with van der Waals surface area (Å²) in [5.74, 6) is -0.439. The fourth-order valence-electron chi connectivity index (χ4n) is 1.55. The molecule has 0 aliphatic carbocycles. The first kappa shape index (κ1) is 12.8. The van der Waals surface area contributed by atoms with Crippen LogP contribution in [0, 0.1) is 0 Å². The van der Waals surface area contributed by atoms with Crippen LogP contribution < -0.4 is 0 Å². The van der Waals surface area contributed by atoms with Crippen molar-refractivity contribution in [3.05, 3.63) is 23.3 Å². The molecule has 3 heteroatoms. The molecule has 16 heavy (non-hydrogen) atoms. The predicted molar refractivity (Wildman–Crippen MR) is 64.0 cm³/mol. The quantitative estimate of drug-likeness (QED) is 0.676. The molecule has 0 aromatic heterocycles. The molecule has 1 atom stereocenters. The maximum atomic E-state index is 9.73. The number of phenolic OH excluding ortho intramolecular Hbond substituents is 2. The molecule has 0 aliphatic heterocycles. The number of aliphatic hydroxyl groups is 1. The van der Waals surface area contributed by atoms with Crippen molar-refractivity contribution in [1.29, 1.82) is 0 Å². The van der Waals surface area contributed by atoms with Crippen LogP contribution in [0.5, 0.6) is 11.5 Å². The standard InChI is InChI=1S/C13H20O3/c1-8(7-14)10-5-9(13(2,3)4)6-11(15)12(10)16/h5-6,8,14-16H,7H2,1-4H3. The van der Waals surface area contributed by atoms with Crippen LogP contribution in [0.15, 0.2) is 12.1 Å². The van der Waals surface area contributed by atoms with Crippen LogP contribution in [-0.4, -0.2) is 21.9 Å². The molecule has 0 fully saturated rings. The fourth-order valence-corrected chi connectivity index (χ4v) is 1.55. The monoisotopic (exact) mass is 224 g/mol. The van der Waals surface area contributed by atoms with Gasteiger partial charge in [0.25, 0.3) is 0 Å². The maximum absolute atomic E-state index is 9.73. The molecule has 1 unspecified atom stereocenters.